The molecule has 5 nitrogen and oxygen atoms in total. The number of aryl methyl sites for hydroxylation is 2. The number of ether oxygens (including phenoxy) is 1. The number of methoxy groups -OCH3 is 1. The van der Waals surface area contributed by atoms with E-state index in [0.717, 1.165) is 22.7 Å². The summed E-state index contributed by atoms with van der Waals surface area (Å²) in [7, 11) is 1.61. The van der Waals surface area contributed by atoms with E-state index in [1.807, 2.05) is 39.0 Å². The fourth-order valence-corrected chi connectivity index (χ4v) is 2.11. The van der Waals surface area contributed by atoms with Gasteiger partial charge in [-0.25, -0.2) is 15.4 Å². The van der Waals surface area contributed by atoms with Crippen LogP contribution < -0.4 is 10.2 Å². The maximum absolute atomic E-state index is 6.02. The fourth-order valence-electron chi connectivity index (χ4n) is 1.93. The molecule has 0 fully saturated rings. The summed E-state index contributed by atoms with van der Waals surface area (Å²) in [5.74, 6) is 1.18. The molecule has 1 aromatic carbocycles. The number of halogens is 1. The van der Waals surface area contributed by atoms with Gasteiger partial charge in [0.15, 0.2) is 0 Å². The van der Waals surface area contributed by atoms with Gasteiger partial charge in [0.1, 0.15) is 5.75 Å². The van der Waals surface area contributed by atoms with E-state index in [0.29, 0.717) is 16.7 Å². The van der Waals surface area contributed by atoms with Gasteiger partial charge in [0.25, 0.3) is 0 Å². The normalized spacial score (nSPS) is 11.4. The Bertz CT molecular complexity index is 665. The molecule has 2 aromatic rings. The lowest BCUT2D eigenvalue weighted by atomic mass is 10.1. The Morgan fingerprint density at radius 3 is 2.48 bits per heavy atom. The van der Waals surface area contributed by atoms with Crippen LogP contribution >= 0.6 is 11.6 Å². The van der Waals surface area contributed by atoms with Crippen molar-refractivity contribution in [2.45, 2.75) is 20.8 Å². The summed E-state index contributed by atoms with van der Waals surface area (Å²) in [4.78, 5) is 8.55. The second-order valence-corrected chi connectivity index (χ2v) is 5.06. The molecule has 0 spiro atoms. The summed E-state index contributed by atoms with van der Waals surface area (Å²) in [5.41, 5.74) is 6.19. The first-order valence-electron chi connectivity index (χ1n) is 6.46. The molecule has 0 aliphatic rings. The lowest BCUT2D eigenvalue weighted by molar-refractivity contribution is 0.414. The van der Waals surface area contributed by atoms with Gasteiger partial charge in [0.2, 0.25) is 5.95 Å². The number of nitrogens with zero attached hydrogens (tertiary/aromatic N) is 3. The van der Waals surface area contributed by atoms with E-state index in [-0.39, 0.29) is 0 Å². The molecule has 0 bridgehead atoms. The average Bonchev–Trinajstić information content (AvgIpc) is 2.43. The molecule has 0 atom stereocenters. The van der Waals surface area contributed by atoms with Crippen molar-refractivity contribution in [3.8, 4) is 5.75 Å². The predicted molar refractivity (Wildman–Crippen MR) is 85.3 cm³/mol. The highest BCUT2D eigenvalue weighted by Gasteiger charge is 2.07. The van der Waals surface area contributed by atoms with Crippen LogP contribution in [-0.4, -0.2) is 22.8 Å². The monoisotopic (exact) mass is 304 g/mol. The lowest BCUT2D eigenvalue weighted by Crippen LogP contribution is -2.05. The van der Waals surface area contributed by atoms with Crippen LogP contribution in [0.2, 0.25) is 5.02 Å². The molecule has 0 saturated heterocycles. The van der Waals surface area contributed by atoms with Crippen LogP contribution in [0.15, 0.2) is 29.4 Å². The third-order valence-corrected chi connectivity index (χ3v) is 3.09. The quantitative estimate of drug-likeness (QED) is 0.692. The standard InChI is InChI=1S/C15H17ClN4O/c1-9-7-10(2)18-15(17-9)20-19-11(3)13-8-12(16)5-6-14(13)21-4/h5-8H,1-4H3,(H,17,18,20)/b19-11-. The van der Waals surface area contributed by atoms with Crippen LogP contribution in [0.25, 0.3) is 0 Å². The van der Waals surface area contributed by atoms with E-state index >= 15 is 0 Å². The largest absolute Gasteiger partial charge is 0.496 e. The zero-order valence-corrected chi connectivity index (χ0v) is 13.2. The molecule has 0 aliphatic heterocycles. The number of hydrogen-bond acceptors (Lipinski definition) is 5. The van der Waals surface area contributed by atoms with Crippen molar-refractivity contribution in [1.29, 1.82) is 0 Å². The topological polar surface area (TPSA) is 59.4 Å². The van der Waals surface area contributed by atoms with Crippen molar-refractivity contribution >= 4 is 23.3 Å². The minimum Gasteiger partial charge on any atom is -0.496 e. The Morgan fingerprint density at radius 1 is 1.19 bits per heavy atom. The Labute approximate surface area is 129 Å². The van der Waals surface area contributed by atoms with Crippen LogP contribution in [0, 0.1) is 13.8 Å². The zero-order chi connectivity index (χ0) is 15.4. The molecule has 0 radical (unpaired) electrons. The van der Waals surface area contributed by atoms with E-state index < -0.39 is 0 Å². The van der Waals surface area contributed by atoms with E-state index in [2.05, 4.69) is 20.5 Å². The van der Waals surface area contributed by atoms with Crippen LogP contribution in [0.4, 0.5) is 5.95 Å². The minimum absolute atomic E-state index is 0.466. The van der Waals surface area contributed by atoms with Crippen molar-refractivity contribution in [1.82, 2.24) is 9.97 Å². The maximum atomic E-state index is 6.02. The van der Waals surface area contributed by atoms with Crippen LogP contribution in [0.1, 0.15) is 23.9 Å². The second kappa shape index (κ2) is 6.54. The number of aromatic nitrogens is 2. The predicted octanol–water partition coefficient (Wildman–Crippen LogP) is 3.59. The SMILES string of the molecule is COc1ccc(Cl)cc1/C(C)=N\Nc1nc(C)cc(C)n1. The van der Waals surface area contributed by atoms with Crippen LogP contribution in [0.3, 0.4) is 0 Å². The number of benzene rings is 1. The lowest BCUT2D eigenvalue weighted by Gasteiger charge is -2.09. The molecule has 2 rings (SSSR count). The van der Waals surface area contributed by atoms with Gasteiger partial charge in [0.05, 0.1) is 12.8 Å². The number of hydrogen-bond donors (Lipinski definition) is 1. The molecular weight excluding hydrogens is 288 g/mol. The molecule has 1 aromatic heterocycles. The first-order valence-corrected chi connectivity index (χ1v) is 6.84. The van der Waals surface area contributed by atoms with Gasteiger partial charge in [-0.2, -0.15) is 5.10 Å². The Kier molecular flexibility index (Phi) is 4.75. The number of hydrazone groups is 1. The number of anilines is 1. The van der Waals surface area contributed by atoms with Gasteiger partial charge in [-0.1, -0.05) is 11.6 Å². The summed E-state index contributed by atoms with van der Waals surface area (Å²) >= 11 is 6.02. The molecular formula is C15H17ClN4O. The number of rotatable bonds is 4. The molecule has 0 saturated carbocycles. The van der Waals surface area contributed by atoms with E-state index in [1.165, 1.54) is 0 Å². The van der Waals surface area contributed by atoms with Crippen molar-refractivity contribution in [3.05, 3.63) is 46.2 Å². The van der Waals surface area contributed by atoms with Gasteiger partial charge in [0, 0.05) is 22.0 Å². The van der Waals surface area contributed by atoms with E-state index in [9.17, 15) is 0 Å². The highest BCUT2D eigenvalue weighted by molar-refractivity contribution is 6.31. The molecule has 0 unspecified atom stereocenters. The molecule has 0 amide bonds. The Balaban J connectivity index is 2.27. The first-order chi connectivity index (χ1) is 9.99. The third kappa shape index (κ3) is 3.92. The molecule has 6 heteroatoms. The summed E-state index contributed by atoms with van der Waals surface area (Å²) in [6.07, 6.45) is 0. The highest BCUT2D eigenvalue weighted by atomic mass is 35.5. The van der Waals surface area contributed by atoms with Crippen LogP contribution in [0.5, 0.6) is 5.75 Å². The summed E-state index contributed by atoms with van der Waals surface area (Å²) in [6.45, 7) is 5.69. The van der Waals surface area contributed by atoms with Crippen molar-refractivity contribution in [2.24, 2.45) is 5.10 Å². The van der Waals surface area contributed by atoms with Crippen molar-refractivity contribution < 1.29 is 4.74 Å². The van der Waals surface area contributed by atoms with E-state index in [4.69, 9.17) is 16.3 Å². The van der Waals surface area contributed by atoms with Crippen LogP contribution in [-0.2, 0) is 0 Å². The fraction of sp³-hybridized carbons (Fsp3) is 0.267. The van der Waals surface area contributed by atoms with Gasteiger partial charge in [-0.3, -0.25) is 0 Å². The average molecular weight is 305 g/mol. The van der Waals surface area contributed by atoms with Gasteiger partial charge in [-0.15, -0.1) is 0 Å². The molecule has 1 N–H and O–H groups in total. The summed E-state index contributed by atoms with van der Waals surface area (Å²) in [5, 5.41) is 4.93. The maximum Gasteiger partial charge on any atom is 0.243 e. The van der Waals surface area contributed by atoms with Crippen molar-refractivity contribution in [2.75, 3.05) is 12.5 Å². The summed E-state index contributed by atoms with van der Waals surface area (Å²) in [6, 6.07) is 7.30. The second-order valence-electron chi connectivity index (χ2n) is 4.63. The van der Waals surface area contributed by atoms with Crippen molar-refractivity contribution in [3.63, 3.8) is 0 Å². The summed E-state index contributed by atoms with van der Waals surface area (Å²) < 4.78 is 5.31. The van der Waals surface area contributed by atoms with Gasteiger partial charge >= 0.3 is 0 Å². The highest BCUT2D eigenvalue weighted by Crippen LogP contribution is 2.23. The molecule has 21 heavy (non-hydrogen) atoms. The smallest absolute Gasteiger partial charge is 0.243 e. The Hall–Kier alpha value is -2.14. The van der Waals surface area contributed by atoms with E-state index in [1.54, 1.807) is 13.2 Å². The molecule has 0 aliphatic carbocycles. The number of nitrogens with one attached hydrogen (secondary N) is 1. The first kappa shape index (κ1) is 15.3. The minimum atomic E-state index is 0.466. The third-order valence-electron chi connectivity index (χ3n) is 2.86. The zero-order valence-electron chi connectivity index (χ0n) is 12.4. The molecule has 1 heterocycles. The Morgan fingerprint density at radius 2 is 1.86 bits per heavy atom. The van der Waals surface area contributed by atoms with Gasteiger partial charge < -0.3 is 4.74 Å². The van der Waals surface area contributed by atoms with Gasteiger partial charge in [-0.05, 0) is 45.0 Å². The molecule has 110 valence electrons.